The standard InChI is InChI=1S/C18H23N3O4/c1-12-9-20(10-13(2)25-12)15(22)11-21-16(23)18(3,19-17(21)24)14-7-5-4-6-8-14/h4-8,12-13H,9-11H2,1-3H3,(H,19,24)/t12-,13-,18+/m1/s1. The predicted molar refractivity (Wildman–Crippen MR) is 90.6 cm³/mol. The van der Waals surface area contributed by atoms with Crippen molar-refractivity contribution < 1.29 is 19.1 Å². The summed E-state index contributed by atoms with van der Waals surface area (Å²) in [4.78, 5) is 40.4. The number of ether oxygens (including phenoxy) is 1. The first-order valence-electron chi connectivity index (χ1n) is 8.44. The molecule has 2 fully saturated rings. The second kappa shape index (κ2) is 6.48. The van der Waals surface area contributed by atoms with Crippen LogP contribution in [0.15, 0.2) is 30.3 Å². The molecule has 1 aromatic rings. The van der Waals surface area contributed by atoms with Crippen LogP contribution in [-0.2, 0) is 19.9 Å². The molecule has 0 radical (unpaired) electrons. The van der Waals surface area contributed by atoms with Crippen LogP contribution in [0.5, 0.6) is 0 Å². The fraction of sp³-hybridized carbons (Fsp3) is 0.500. The van der Waals surface area contributed by atoms with Gasteiger partial charge in [-0.15, -0.1) is 0 Å². The molecule has 0 aromatic heterocycles. The van der Waals surface area contributed by atoms with Gasteiger partial charge in [0, 0.05) is 13.1 Å². The number of hydrogen-bond acceptors (Lipinski definition) is 4. The molecule has 134 valence electrons. The van der Waals surface area contributed by atoms with Gasteiger partial charge in [-0.2, -0.15) is 0 Å². The van der Waals surface area contributed by atoms with Crippen molar-refractivity contribution >= 4 is 17.8 Å². The number of urea groups is 1. The van der Waals surface area contributed by atoms with Crippen molar-refractivity contribution in [3.63, 3.8) is 0 Å². The van der Waals surface area contributed by atoms with Gasteiger partial charge in [-0.3, -0.25) is 14.5 Å². The molecule has 25 heavy (non-hydrogen) atoms. The van der Waals surface area contributed by atoms with Crippen LogP contribution in [0.25, 0.3) is 0 Å². The van der Waals surface area contributed by atoms with Crippen molar-refractivity contribution in [1.82, 2.24) is 15.1 Å². The molecule has 0 bridgehead atoms. The number of nitrogens with zero attached hydrogens (tertiary/aromatic N) is 2. The average molecular weight is 345 g/mol. The van der Waals surface area contributed by atoms with Gasteiger partial charge < -0.3 is 15.0 Å². The van der Waals surface area contributed by atoms with Crippen molar-refractivity contribution in [2.75, 3.05) is 19.6 Å². The van der Waals surface area contributed by atoms with Crippen LogP contribution in [0.1, 0.15) is 26.3 Å². The van der Waals surface area contributed by atoms with E-state index in [4.69, 9.17) is 4.74 Å². The zero-order valence-electron chi connectivity index (χ0n) is 14.7. The van der Waals surface area contributed by atoms with Crippen molar-refractivity contribution in [3.8, 4) is 0 Å². The van der Waals surface area contributed by atoms with E-state index in [1.165, 1.54) is 0 Å². The Balaban J connectivity index is 1.74. The molecule has 0 saturated carbocycles. The first kappa shape index (κ1) is 17.4. The second-order valence-corrected chi connectivity index (χ2v) is 6.87. The molecule has 7 heteroatoms. The Morgan fingerprint density at radius 1 is 1.20 bits per heavy atom. The van der Waals surface area contributed by atoms with Gasteiger partial charge in [0.15, 0.2) is 0 Å². The van der Waals surface area contributed by atoms with E-state index in [-0.39, 0.29) is 24.7 Å². The highest BCUT2D eigenvalue weighted by Gasteiger charge is 2.49. The summed E-state index contributed by atoms with van der Waals surface area (Å²) in [6, 6.07) is 8.49. The summed E-state index contributed by atoms with van der Waals surface area (Å²) in [5, 5.41) is 2.71. The van der Waals surface area contributed by atoms with Crippen molar-refractivity contribution in [3.05, 3.63) is 35.9 Å². The lowest BCUT2D eigenvalue weighted by molar-refractivity contribution is -0.146. The van der Waals surface area contributed by atoms with Crippen LogP contribution < -0.4 is 5.32 Å². The number of imide groups is 1. The minimum absolute atomic E-state index is 0.0645. The number of carbonyl (C=O) groups excluding carboxylic acids is 3. The van der Waals surface area contributed by atoms with Crippen LogP contribution in [0.3, 0.4) is 0 Å². The van der Waals surface area contributed by atoms with E-state index in [2.05, 4.69) is 5.32 Å². The van der Waals surface area contributed by atoms with E-state index in [1.54, 1.807) is 24.0 Å². The number of hydrogen-bond donors (Lipinski definition) is 1. The maximum atomic E-state index is 12.8. The maximum absolute atomic E-state index is 12.8. The molecule has 3 rings (SSSR count). The fourth-order valence-corrected chi connectivity index (χ4v) is 3.42. The molecule has 1 N–H and O–H groups in total. The average Bonchev–Trinajstić information content (AvgIpc) is 2.79. The normalized spacial score (nSPS) is 29.7. The molecule has 2 saturated heterocycles. The molecule has 2 aliphatic heterocycles. The molecule has 0 unspecified atom stereocenters. The third-order valence-corrected chi connectivity index (χ3v) is 4.69. The highest BCUT2D eigenvalue weighted by atomic mass is 16.5. The summed E-state index contributed by atoms with van der Waals surface area (Å²) in [6.45, 7) is 6.12. The predicted octanol–water partition coefficient (Wildman–Crippen LogP) is 1.09. The molecule has 0 spiro atoms. The number of nitrogens with one attached hydrogen (secondary N) is 1. The highest BCUT2D eigenvalue weighted by Crippen LogP contribution is 2.28. The minimum atomic E-state index is -1.15. The van der Waals surface area contributed by atoms with Crippen LogP contribution in [0.2, 0.25) is 0 Å². The Hall–Kier alpha value is -2.41. The van der Waals surface area contributed by atoms with E-state index in [0.29, 0.717) is 18.7 Å². The van der Waals surface area contributed by atoms with Gasteiger partial charge in [-0.05, 0) is 26.3 Å². The number of benzene rings is 1. The molecule has 3 atom stereocenters. The highest BCUT2D eigenvalue weighted by molar-refractivity contribution is 6.09. The number of amides is 4. The smallest absolute Gasteiger partial charge is 0.325 e. The maximum Gasteiger partial charge on any atom is 0.325 e. The Bertz CT molecular complexity index is 683. The largest absolute Gasteiger partial charge is 0.372 e. The molecule has 7 nitrogen and oxygen atoms in total. The molecule has 0 aliphatic carbocycles. The van der Waals surface area contributed by atoms with Gasteiger partial charge in [0.05, 0.1) is 12.2 Å². The van der Waals surface area contributed by atoms with Gasteiger partial charge in [0.2, 0.25) is 5.91 Å². The molecule has 4 amide bonds. The molecule has 2 aliphatic rings. The number of carbonyl (C=O) groups is 3. The Morgan fingerprint density at radius 2 is 1.80 bits per heavy atom. The summed E-state index contributed by atoms with van der Waals surface area (Å²) in [5.74, 6) is -0.658. The van der Waals surface area contributed by atoms with Gasteiger partial charge in [-0.1, -0.05) is 30.3 Å². The lowest BCUT2D eigenvalue weighted by Crippen LogP contribution is -2.52. The molecular formula is C18H23N3O4. The summed E-state index contributed by atoms with van der Waals surface area (Å²) in [6.07, 6.45) is -0.129. The molecule has 2 heterocycles. The third kappa shape index (κ3) is 3.24. The zero-order chi connectivity index (χ0) is 18.2. The second-order valence-electron chi connectivity index (χ2n) is 6.87. The van der Waals surface area contributed by atoms with Crippen molar-refractivity contribution in [1.29, 1.82) is 0 Å². The number of rotatable bonds is 3. The Labute approximate surface area is 146 Å². The van der Waals surface area contributed by atoms with Gasteiger partial charge in [0.1, 0.15) is 12.1 Å². The van der Waals surface area contributed by atoms with Crippen LogP contribution in [-0.4, -0.2) is 59.5 Å². The summed E-state index contributed by atoms with van der Waals surface area (Å²) < 4.78 is 5.62. The monoisotopic (exact) mass is 345 g/mol. The minimum Gasteiger partial charge on any atom is -0.372 e. The number of morpholine rings is 1. The van der Waals surface area contributed by atoms with Crippen LogP contribution in [0.4, 0.5) is 4.79 Å². The van der Waals surface area contributed by atoms with E-state index < -0.39 is 17.5 Å². The summed E-state index contributed by atoms with van der Waals surface area (Å²) >= 11 is 0. The first-order chi connectivity index (χ1) is 11.8. The van der Waals surface area contributed by atoms with Crippen LogP contribution >= 0.6 is 0 Å². The Morgan fingerprint density at radius 3 is 2.40 bits per heavy atom. The Kier molecular flexibility index (Phi) is 4.51. The van der Waals surface area contributed by atoms with Crippen LogP contribution in [0, 0.1) is 0 Å². The van der Waals surface area contributed by atoms with Gasteiger partial charge in [0.25, 0.3) is 5.91 Å². The first-order valence-corrected chi connectivity index (χ1v) is 8.44. The third-order valence-electron chi connectivity index (χ3n) is 4.69. The zero-order valence-corrected chi connectivity index (χ0v) is 14.7. The topological polar surface area (TPSA) is 79.0 Å². The molecular weight excluding hydrogens is 322 g/mol. The fourth-order valence-electron chi connectivity index (χ4n) is 3.42. The lowest BCUT2D eigenvalue weighted by Gasteiger charge is -2.35. The molecule has 1 aromatic carbocycles. The van der Waals surface area contributed by atoms with E-state index in [0.717, 1.165) is 4.90 Å². The summed E-state index contributed by atoms with van der Waals surface area (Å²) in [5.41, 5.74) is -0.457. The quantitative estimate of drug-likeness (QED) is 0.832. The SMILES string of the molecule is C[C@@H]1CN(C(=O)CN2C(=O)N[C@@](C)(c3ccccc3)C2=O)C[C@@H](C)O1. The summed E-state index contributed by atoms with van der Waals surface area (Å²) in [7, 11) is 0. The van der Waals surface area contributed by atoms with Gasteiger partial charge in [-0.25, -0.2) is 4.79 Å². The van der Waals surface area contributed by atoms with Gasteiger partial charge >= 0.3 is 6.03 Å². The van der Waals surface area contributed by atoms with Crippen molar-refractivity contribution in [2.24, 2.45) is 0 Å². The van der Waals surface area contributed by atoms with E-state index in [1.807, 2.05) is 32.0 Å². The lowest BCUT2D eigenvalue weighted by atomic mass is 9.92. The van der Waals surface area contributed by atoms with E-state index in [9.17, 15) is 14.4 Å². The van der Waals surface area contributed by atoms with E-state index >= 15 is 0 Å². The van der Waals surface area contributed by atoms with Crippen molar-refractivity contribution in [2.45, 2.75) is 38.5 Å².